The van der Waals surface area contributed by atoms with Gasteiger partial charge in [0.25, 0.3) is 0 Å². The van der Waals surface area contributed by atoms with Crippen LogP contribution in [0.5, 0.6) is 0 Å². The molecule has 190 valence electrons. The second kappa shape index (κ2) is 8.48. The minimum absolute atomic E-state index is 0.744. The van der Waals surface area contributed by atoms with Crippen molar-refractivity contribution < 1.29 is 4.42 Å². The third kappa shape index (κ3) is 3.20. The van der Waals surface area contributed by atoms with E-state index in [1.165, 1.54) is 22.3 Å². The second-order valence-corrected chi connectivity index (χ2v) is 10.5. The van der Waals surface area contributed by atoms with Crippen LogP contribution in [0.25, 0.3) is 88.7 Å². The molecule has 9 rings (SSSR count). The first-order valence-electron chi connectivity index (χ1n) is 13.8. The zero-order chi connectivity index (χ0) is 26.9. The number of fused-ring (bicyclic) bond motifs is 12. The van der Waals surface area contributed by atoms with Crippen molar-refractivity contribution in [1.29, 1.82) is 0 Å². The second-order valence-electron chi connectivity index (χ2n) is 10.5. The summed E-state index contributed by atoms with van der Waals surface area (Å²) in [6.45, 7) is 0. The third-order valence-corrected chi connectivity index (χ3v) is 8.31. The van der Waals surface area contributed by atoms with Gasteiger partial charge < -0.3 is 4.42 Å². The molecule has 3 heterocycles. The Morgan fingerprint density at radius 1 is 0.463 bits per heavy atom. The van der Waals surface area contributed by atoms with E-state index in [0.29, 0.717) is 0 Å². The first-order chi connectivity index (χ1) is 20.3. The topological polar surface area (TPSA) is 38.9 Å². The molecule has 0 spiro atoms. The molecule has 0 bridgehead atoms. The largest absolute Gasteiger partial charge is 0.455 e. The van der Waals surface area contributed by atoms with Gasteiger partial charge in [-0.05, 0) is 57.6 Å². The summed E-state index contributed by atoms with van der Waals surface area (Å²) in [4.78, 5) is 9.86. The van der Waals surface area contributed by atoms with Gasteiger partial charge in [0.15, 0.2) is 5.65 Å². The van der Waals surface area contributed by atoms with E-state index in [0.717, 1.165) is 66.5 Å². The van der Waals surface area contributed by atoms with Gasteiger partial charge in [-0.25, -0.2) is 9.97 Å². The molecule has 0 N–H and O–H groups in total. The summed E-state index contributed by atoms with van der Waals surface area (Å²) >= 11 is 0. The van der Waals surface area contributed by atoms with Crippen LogP contribution in [0.3, 0.4) is 0 Å². The Hall–Kier alpha value is -5.54. The fourth-order valence-corrected chi connectivity index (χ4v) is 6.53. The van der Waals surface area contributed by atoms with Crippen LogP contribution in [0.1, 0.15) is 0 Å². The zero-order valence-electron chi connectivity index (χ0n) is 22.0. The summed E-state index contributed by atoms with van der Waals surface area (Å²) < 4.78 is 6.53. The maximum absolute atomic E-state index is 6.53. The number of furan rings is 1. The molecule has 3 heteroatoms. The lowest BCUT2D eigenvalue weighted by molar-refractivity contribution is 0.670. The van der Waals surface area contributed by atoms with Gasteiger partial charge in [-0.2, -0.15) is 0 Å². The maximum atomic E-state index is 6.53. The average molecular weight is 523 g/mol. The Balaban J connectivity index is 1.46. The van der Waals surface area contributed by atoms with Gasteiger partial charge in [-0.3, -0.25) is 0 Å². The van der Waals surface area contributed by atoms with E-state index in [4.69, 9.17) is 9.40 Å². The highest BCUT2D eigenvalue weighted by Gasteiger charge is 2.26. The van der Waals surface area contributed by atoms with Gasteiger partial charge in [-0.15, -0.1) is 0 Å². The number of pyridine rings is 2. The monoisotopic (exact) mass is 522 g/mol. The highest BCUT2D eigenvalue weighted by Crippen LogP contribution is 2.51. The lowest BCUT2D eigenvalue weighted by Gasteiger charge is -2.24. The SMILES string of the molecule is c1ccc2c(c1)-c1ccccc1-c1c(cccc1-c1cccc3c1oc1ccccc13)-c1nc3ncccc3cc1-2. The summed E-state index contributed by atoms with van der Waals surface area (Å²) in [6, 6.07) is 44.9. The van der Waals surface area contributed by atoms with Crippen molar-refractivity contribution in [2.75, 3.05) is 0 Å². The minimum atomic E-state index is 0.744. The minimum Gasteiger partial charge on any atom is -0.455 e. The van der Waals surface area contributed by atoms with Crippen molar-refractivity contribution in [3.63, 3.8) is 0 Å². The van der Waals surface area contributed by atoms with Crippen LogP contribution in [0.15, 0.2) is 138 Å². The van der Waals surface area contributed by atoms with Gasteiger partial charge in [-0.1, -0.05) is 103 Å². The molecule has 1 aliphatic carbocycles. The van der Waals surface area contributed by atoms with Gasteiger partial charge in [0.2, 0.25) is 0 Å². The Morgan fingerprint density at radius 2 is 1.10 bits per heavy atom. The summed E-state index contributed by atoms with van der Waals surface area (Å²) in [7, 11) is 0. The first kappa shape index (κ1) is 22.3. The molecular weight excluding hydrogens is 500 g/mol. The summed E-state index contributed by atoms with van der Waals surface area (Å²) in [5.41, 5.74) is 13.7. The Labute approximate surface area is 236 Å². The van der Waals surface area contributed by atoms with Crippen LogP contribution in [0.4, 0.5) is 0 Å². The molecule has 0 fully saturated rings. The molecule has 0 amide bonds. The molecule has 0 saturated heterocycles. The van der Waals surface area contributed by atoms with Crippen molar-refractivity contribution in [2.45, 2.75) is 0 Å². The summed E-state index contributed by atoms with van der Waals surface area (Å²) in [5.74, 6) is 0. The van der Waals surface area contributed by atoms with Gasteiger partial charge in [0.1, 0.15) is 11.2 Å². The molecule has 0 aliphatic heterocycles. The number of benzene rings is 5. The normalized spacial score (nSPS) is 11.9. The molecule has 5 aromatic carbocycles. The summed E-state index contributed by atoms with van der Waals surface area (Å²) in [6.07, 6.45) is 1.81. The smallest absolute Gasteiger partial charge is 0.159 e. The molecule has 41 heavy (non-hydrogen) atoms. The van der Waals surface area contributed by atoms with Crippen molar-refractivity contribution in [1.82, 2.24) is 9.97 Å². The van der Waals surface area contributed by atoms with Crippen LogP contribution in [0, 0.1) is 0 Å². The van der Waals surface area contributed by atoms with E-state index < -0.39 is 0 Å². The lowest BCUT2D eigenvalue weighted by atomic mass is 9.80. The van der Waals surface area contributed by atoms with Gasteiger partial charge in [0, 0.05) is 39.0 Å². The van der Waals surface area contributed by atoms with Crippen molar-refractivity contribution in [2.24, 2.45) is 0 Å². The molecule has 0 radical (unpaired) electrons. The standard InChI is InChI=1S/C38H22N2O/c1-2-13-26-24(11-1)25-12-3-4-15-28(25)35-29(31-18-8-17-30-27-14-5-6-20-34(27)41-37(30)31)16-7-19-32(35)36-33(26)22-23-10-9-21-39-38(23)40-36/h1-22H. The van der Waals surface area contributed by atoms with Gasteiger partial charge in [0.05, 0.1) is 5.69 Å². The quantitative estimate of drug-likeness (QED) is 0.215. The molecule has 1 aliphatic rings. The van der Waals surface area contributed by atoms with Crippen LogP contribution in [0.2, 0.25) is 0 Å². The number of hydrogen-bond donors (Lipinski definition) is 0. The first-order valence-corrected chi connectivity index (χ1v) is 13.8. The number of nitrogens with zero attached hydrogens (tertiary/aromatic N) is 2. The number of hydrogen-bond acceptors (Lipinski definition) is 3. The fraction of sp³-hybridized carbons (Fsp3) is 0. The fourth-order valence-electron chi connectivity index (χ4n) is 6.53. The van der Waals surface area contributed by atoms with Crippen LogP contribution in [-0.4, -0.2) is 9.97 Å². The van der Waals surface area contributed by atoms with E-state index in [1.54, 1.807) is 0 Å². The summed E-state index contributed by atoms with van der Waals surface area (Å²) in [5, 5.41) is 3.27. The molecule has 3 aromatic heterocycles. The van der Waals surface area contributed by atoms with E-state index in [9.17, 15) is 0 Å². The molecule has 8 aromatic rings. The Morgan fingerprint density at radius 3 is 1.98 bits per heavy atom. The molecular formula is C38H22N2O. The molecule has 3 nitrogen and oxygen atoms in total. The van der Waals surface area contributed by atoms with Gasteiger partial charge >= 0.3 is 0 Å². The highest BCUT2D eigenvalue weighted by molar-refractivity contribution is 6.13. The lowest BCUT2D eigenvalue weighted by Crippen LogP contribution is -2.01. The van der Waals surface area contributed by atoms with Crippen molar-refractivity contribution >= 4 is 33.0 Å². The Bertz CT molecular complexity index is 2330. The predicted molar refractivity (Wildman–Crippen MR) is 168 cm³/mol. The molecule has 0 unspecified atom stereocenters. The van der Waals surface area contributed by atoms with E-state index in [-0.39, 0.29) is 0 Å². The van der Waals surface area contributed by atoms with Crippen LogP contribution in [-0.2, 0) is 0 Å². The molecule has 0 atom stereocenters. The third-order valence-electron chi connectivity index (χ3n) is 8.31. The van der Waals surface area contributed by atoms with E-state index in [2.05, 4.69) is 114 Å². The zero-order valence-corrected chi connectivity index (χ0v) is 22.0. The maximum Gasteiger partial charge on any atom is 0.159 e. The molecule has 0 saturated carbocycles. The van der Waals surface area contributed by atoms with Crippen molar-refractivity contribution in [3.8, 4) is 55.8 Å². The van der Waals surface area contributed by atoms with Crippen LogP contribution < -0.4 is 0 Å². The Kier molecular flexibility index (Phi) is 4.61. The van der Waals surface area contributed by atoms with Crippen molar-refractivity contribution in [3.05, 3.63) is 134 Å². The average Bonchev–Trinajstić information content (AvgIpc) is 3.42. The number of aromatic nitrogens is 2. The predicted octanol–water partition coefficient (Wildman–Crippen LogP) is 10.2. The van der Waals surface area contributed by atoms with E-state index >= 15 is 0 Å². The number of rotatable bonds is 1. The highest BCUT2D eigenvalue weighted by atomic mass is 16.3. The van der Waals surface area contributed by atoms with Crippen LogP contribution >= 0.6 is 0 Å². The number of para-hydroxylation sites is 2. The van der Waals surface area contributed by atoms with E-state index in [1.807, 2.05) is 24.4 Å².